The van der Waals surface area contributed by atoms with Crippen molar-refractivity contribution in [2.75, 3.05) is 5.75 Å². The Balaban J connectivity index is 2.05. The summed E-state index contributed by atoms with van der Waals surface area (Å²) >= 11 is 5.09. The average molecular weight is 355 g/mol. The molecule has 0 heterocycles. The second-order valence-electron chi connectivity index (χ2n) is 4.49. The maximum atomic E-state index is 13.6. The summed E-state index contributed by atoms with van der Waals surface area (Å²) in [6.07, 6.45) is 0. The van der Waals surface area contributed by atoms with E-state index in [4.69, 9.17) is 5.84 Å². The molecule has 0 amide bonds. The van der Waals surface area contributed by atoms with Gasteiger partial charge in [-0.3, -0.25) is 11.3 Å². The molecule has 0 saturated heterocycles. The largest absolute Gasteiger partial charge is 0.271 e. The van der Waals surface area contributed by atoms with Crippen LogP contribution in [0.4, 0.5) is 4.39 Å². The van der Waals surface area contributed by atoms with Gasteiger partial charge in [0.2, 0.25) is 0 Å². The maximum Gasteiger partial charge on any atom is 0.126 e. The Kier molecular flexibility index (Phi) is 5.60. The zero-order valence-electron chi connectivity index (χ0n) is 11.1. The molecule has 0 fully saturated rings. The molecule has 2 aromatic carbocycles. The molecule has 2 nitrogen and oxygen atoms in total. The van der Waals surface area contributed by atoms with Crippen LogP contribution in [-0.4, -0.2) is 5.75 Å². The van der Waals surface area contributed by atoms with Crippen molar-refractivity contribution in [2.45, 2.75) is 17.9 Å². The van der Waals surface area contributed by atoms with Crippen molar-refractivity contribution in [1.82, 2.24) is 5.43 Å². The van der Waals surface area contributed by atoms with Crippen LogP contribution in [-0.2, 0) is 0 Å². The number of halogens is 2. The number of benzene rings is 2. The van der Waals surface area contributed by atoms with Gasteiger partial charge in [0.25, 0.3) is 0 Å². The van der Waals surface area contributed by atoms with Gasteiger partial charge in [-0.1, -0.05) is 28.1 Å². The van der Waals surface area contributed by atoms with Gasteiger partial charge in [-0.15, -0.1) is 11.8 Å². The zero-order valence-corrected chi connectivity index (χ0v) is 13.5. The molecule has 0 saturated carbocycles. The minimum absolute atomic E-state index is 0.0845. The molecule has 2 rings (SSSR count). The summed E-state index contributed by atoms with van der Waals surface area (Å²) < 4.78 is 14.7. The Morgan fingerprint density at radius 1 is 1.25 bits per heavy atom. The minimum atomic E-state index is -0.198. The van der Waals surface area contributed by atoms with Crippen molar-refractivity contribution in [2.24, 2.45) is 5.84 Å². The highest BCUT2D eigenvalue weighted by atomic mass is 79.9. The van der Waals surface area contributed by atoms with Gasteiger partial charge in [-0.2, -0.15) is 0 Å². The van der Waals surface area contributed by atoms with Gasteiger partial charge in [-0.05, 0) is 48.4 Å². The fourth-order valence-corrected chi connectivity index (χ4v) is 3.02. The molecule has 1 unspecified atom stereocenters. The molecule has 0 aliphatic heterocycles. The van der Waals surface area contributed by atoms with Crippen LogP contribution in [0.25, 0.3) is 0 Å². The Bertz CT molecular complexity index is 575. The summed E-state index contributed by atoms with van der Waals surface area (Å²) in [5, 5.41) is 0. The molecule has 5 heteroatoms. The number of hydrogen-bond acceptors (Lipinski definition) is 3. The summed E-state index contributed by atoms with van der Waals surface area (Å²) in [6.45, 7) is 1.75. The molecule has 0 aromatic heterocycles. The molecule has 1 atom stereocenters. The SMILES string of the molecule is Cc1ccc(C(CSc2ccc(Br)cc2)NN)cc1F. The van der Waals surface area contributed by atoms with Gasteiger partial charge in [0.15, 0.2) is 0 Å². The molecule has 0 bridgehead atoms. The molecule has 20 heavy (non-hydrogen) atoms. The van der Waals surface area contributed by atoms with Crippen molar-refractivity contribution < 1.29 is 4.39 Å². The fourth-order valence-electron chi connectivity index (χ4n) is 1.78. The van der Waals surface area contributed by atoms with E-state index < -0.39 is 0 Å². The van der Waals surface area contributed by atoms with Crippen LogP contribution >= 0.6 is 27.7 Å². The van der Waals surface area contributed by atoms with E-state index in [2.05, 4.69) is 21.4 Å². The highest BCUT2D eigenvalue weighted by Gasteiger charge is 2.12. The molecule has 2 aromatic rings. The van der Waals surface area contributed by atoms with Crippen molar-refractivity contribution >= 4 is 27.7 Å². The van der Waals surface area contributed by atoms with E-state index in [1.165, 1.54) is 0 Å². The maximum absolute atomic E-state index is 13.6. The predicted molar refractivity (Wildman–Crippen MR) is 86.1 cm³/mol. The summed E-state index contributed by atoms with van der Waals surface area (Å²) in [5.41, 5.74) is 4.25. The van der Waals surface area contributed by atoms with E-state index in [9.17, 15) is 4.39 Å². The van der Waals surface area contributed by atoms with Crippen molar-refractivity contribution in [3.05, 3.63) is 63.9 Å². The Morgan fingerprint density at radius 3 is 2.55 bits per heavy atom. The third kappa shape index (κ3) is 4.06. The highest BCUT2D eigenvalue weighted by molar-refractivity contribution is 9.10. The topological polar surface area (TPSA) is 38.0 Å². The first-order valence-corrected chi connectivity index (χ1v) is 7.98. The lowest BCUT2D eigenvalue weighted by Crippen LogP contribution is -2.29. The van der Waals surface area contributed by atoms with Crippen molar-refractivity contribution in [1.29, 1.82) is 0 Å². The van der Waals surface area contributed by atoms with Gasteiger partial charge >= 0.3 is 0 Å². The zero-order chi connectivity index (χ0) is 14.5. The molecule has 0 aliphatic rings. The summed E-state index contributed by atoms with van der Waals surface area (Å²) in [5.74, 6) is 6.13. The third-order valence-electron chi connectivity index (χ3n) is 3.03. The van der Waals surface area contributed by atoms with E-state index in [1.54, 1.807) is 30.8 Å². The number of aryl methyl sites for hydroxylation is 1. The minimum Gasteiger partial charge on any atom is -0.271 e. The fraction of sp³-hybridized carbons (Fsp3) is 0.200. The molecule has 0 spiro atoms. The molecule has 0 aliphatic carbocycles. The lowest BCUT2D eigenvalue weighted by Gasteiger charge is -2.16. The van der Waals surface area contributed by atoms with E-state index in [0.29, 0.717) is 5.56 Å². The third-order valence-corrected chi connectivity index (χ3v) is 4.66. The molecule has 106 valence electrons. The average Bonchev–Trinajstić information content (AvgIpc) is 2.45. The first kappa shape index (κ1) is 15.5. The van der Waals surface area contributed by atoms with Crippen LogP contribution in [0.2, 0.25) is 0 Å². The number of nitrogens with one attached hydrogen (secondary N) is 1. The summed E-state index contributed by atoms with van der Waals surface area (Å²) in [4.78, 5) is 1.15. The van der Waals surface area contributed by atoms with Crippen molar-refractivity contribution in [3.63, 3.8) is 0 Å². The van der Waals surface area contributed by atoms with E-state index in [0.717, 1.165) is 20.7 Å². The Hall–Kier alpha value is -0.880. The highest BCUT2D eigenvalue weighted by Crippen LogP contribution is 2.26. The van der Waals surface area contributed by atoms with E-state index in [1.807, 2.05) is 30.3 Å². The molecular weight excluding hydrogens is 339 g/mol. The van der Waals surface area contributed by atoms with Crippen LogP contribution < -0.4 is 11.3 Å². The normalized spacial score (nSPS) is 12.4. The smallest absolute Gasteiger partial charge is 0.126 e. The summed E-state index contributed by atoms with van der Waals surface area (Å²) in [7, 11) is 0. The van der Waals surface area contributed by atoms with Crippen LogP contribution in [0.1, 0.15) is 17.2 Å². The number of hydrazine groups is 1. The van der Waals surface area contributed by atoms with Gasteiger partial charge in [0.1, 0.15) is 5.82 Å². The van der Waals surface area contributed by atoms with Gasteiger partial charge < -0.3 is 0 Å². The lowest BCUT2D eigenvalue weighted by atomic mass is 10.1. The van der Waals surface area contributed by atoms with E-state index in [-0.39, 0.29) is 11.9 Å². The second-order valence-corrected chi connectivity index (χ2v) is 6.50. The van der Waals surface area contributed by atoms with Crippen LogP contribution in [0.3, 0.4) is 0 Å². The lowest BCUT2D eigenvalue weighted by molar-refractivity contribution is 0.587. The molecular formula is C15H16BrFN2S. The van der Waals surface area contributed by atoms with Crippen LogP contribution in [0.15, 0.2) is 51.8 Å². The van der Waals surface area contributed by atoms with Gasteiger partial charge in [0, 0.05) is 15.1 Å². The number of hydrogen-bond donors (Lipinski definition) is 2. The standard InChI is InChI=1S/C15H16BrFN2S/c1-10-2-3-11(8-14(10)17)15(19-18)9-20-13-6-4-12(16)5-7-13/h2-8,15,19H,9,18H2,1H3. The van der Waals surface area contributed by atoms with Gasteiger partial charge in [-0.25, -0.2) is 4.39 Å². The monoisotopic (exact) mass is 354 g/mol. The Labute approximate surface area is 131 Å². The number of rotatable bonds is 5. The van der Waals surface area contributed by atoms with Gasteiger partial charge in [0.05, 0.1) is 6.04 Å². The van der Waals surface area contributed by atoms with Crippen LogP contribution in [0.5, 0.6) is 0 Å². The first-order chi connectivity index (χ1) is 9.60. The number of thioether (sulfide) groups is 1. The van der Waals surface area contributed by atoms with Crippen molar-refractivity contribution in [3.8, 4) is 0 Å². The predicted octanol–water partition coefficient (Wildman–Crippen LogP) is 4.19. The molecule has 3 N–H and O–H groups in total. The summed E-state index contributed by atoms with van der Waals surface area (Å²) in [6, 6.07) is 13.2. The number of nitrogens with two attached hydrogens (primary N) is 1. The molecule has 0 radical (unpaired) electrons. The quantitative estimate of drug-likeness (QED) is 0.480. The second kappa shape index (κ2) is 7.22. The van der Waals surface area contributed by atoms with E-state index >= 15 is 0 Å². The van der Waals surface area contributed by atoms with Crippen LogP contribution in [0, 0.1) is 12.7 Å². The first-order valence-electron chi connectivity index (χ1n) is 6.20. The Morgan fingerprint density at radius 2 is 1.95 bits per heavy atom.